The number of ether oxygens (including phenoxy) is 1. The maximum absolute atomic E-state index is 12.8. The zero-order chi connectivity index (χ0) is 19.2. The molecular formula is C18H15N3O5S. The van der Waals surface area contributed by atoms with Gasteiger partial charge in [0.2, 0.25) is 0 Å². The number of nitrogens with zero attached hydrogens (tertiary/aromatic N) is 2. The highest BCUT2D eigenvalue weighted by Crippen LogP contribution is 2.26. The second-order valence-electron chi connectivity index (χ2n) is 5.93. The third kappa shape index (κ3) is 2.91. The maximum Gasteiger partial charge on any atom is 0.364 e. The molecule has 0 aliphatic rings. The molecule has 0 saturated carbocycles. The van der Waals surface area contributed by atoms with Crippen LogP contribution in [0.25, 0.3) is 22.0 Å². The number of aromatic nitrogens is 2. The second-order valence-corrected chi connectivity index (χ2v) is 7.62. The molecule has 2 aromatic carbocycles. The number of sulfonamides is 1. The smallest absolute Gasteiger partial charge is 0.364 e. The Morgan fingerprint density at radius 3 is 2.59 bits per heavy atom. The van der Waals surface area contributed by atoms with Crippen molar-refractivity contribution in [2.75, 3.05) is 11.8 Å². The summed E-state index contributed by atoms with van der Waals surface area (Å²) in [7, 11) is -0.579. The second kappa shape index (κ2) is 6.13. The Bertz CT molecular complexity index is 1320. The Morgan fingerprint density at radius 2 is 1.89 bits per heavy atom. The van der Waals surface area contributed by atoms with Crippen LogP contribution in [0.3, 0.4) is 0 Å². The van der Waals surface area contributed by atoms with Gasteiger partial charge in [-0.1, -0.05) is 0 Å². The van der Waals surface area contributed by atoms with Crippen molar-refractivity contribution >= 4 is 37.7 Å². The molecular weight excluding hydrogens is 370 g/mol. The van der Waals surface area contributed by atoms with Crippen LogP contribution in [-0.2, 0) is 17.1 Å². The van der Waals surface area contributed by atoms with Gasteiger partial charge in [-0.15, -0.1) is 0 Å². The number of nitrogens with one attached hydrogen (secondary N) is 1. The van der Waals surface area contributed by atoms with Crippen LogP contribution in [0.5, 0.6) is 5.75 Å². The van der Waals surface area contributed by atoms with Gasteiger partial charge in [0.25, 0.3) is 10.0 Å². The average Bonchev–Trinajstić information content (AvgIpc) is 3.04. The lowest BCUT2D eigenvalue weighted by atomic mass is 10.2. The van der Waals surface area contributed by atoms with E-state index in [1.54, 1.807) is 35.9 Å². The molecule has 138 valence electrons. The summed E-state index contributed by atoms with van der Waals surface area (Å²) in [6, 6.07) is 10.9. The minimum Gasteiger partial charge on any atom is -0.497 e. The summed E-state index contributed by atoms with van der Waals surface area (Å²) in [6.45, 7) is 0. The first-order chi connectivity index (χ1) is 12.9. The van der Waals surface area contributed by atoms with Crippen molar-refractivity contribution in [1.82, 2.24) is 9.55 Å². The molecule has 1 N–H and O–H groups in total. The number of imidazole rings is 1. The molecule has 0 saturated heterocycles. The van der Waals surface area contributed by atoms with Crippen LogP contribution in [0.1, 0.15) is 0 Å². The fraction of sp³-hybridized carbons (Fsp3) is 0.111. The minimum atomic E-state index is -3.84. The number of hydrogen-bond acceptors (Lipinski definition) is 6. The SMILES string of the molecule is COc1ccc(NS(=O)(=O)c2ccc3oc(=O)c4ncn(C)c4c3c2)cc1. The molecule has 4 rings (SSSR count). The predicted molar refractivity (Wildman–Crippen MR) is 101 cm³/mol. The standard InChI is InChI=1S/C18H15N3O5S/c1-21-10-19-16-17(21)14-9-13(7-8-15(14)26-18(16)22)27(23,24)20-11-3-5-12(25-2)6-4-11/h3-10,20H,1-2H3. The Morgan fingerprint density at radius 1 is 1.15 bits per heavy atom. The van der Waals surface area contributed by atoms with Crippen molar-refractivity contribution in [3.63, 3.8) is 0 Å². The zero-order valence-corrected chi connectivity index (χ0v) is 15.3. The van der Waals surface area contributed by atoms with E-state index in [4.69, 9.17) is 9.15 Å². The lowest BCUT2D eigenvalue weighted by Gasteiger charge is -2.10. The summed E-state index contributed by atoms with van der Waals surface area (Å²) >= 11 is 0. The van der Waals surface area contributed by atoms with Crippen LogP contribution in [0.2, 0.25) is 0 Å². The Labute approximate surface area is 154 Å². The van der Waals surface area contributed by atoms with E-state index in [2.05, 4.69) is 9.71 Å². The quantitative estimate of drug-likeness (QED) is 0.541. The first-order valence-electron chi connectivity index (χ1n) is 7.94. The van der Waals surface area contributed by atoms with Gasteiger partial charge < -0.3 is 13.7 Å². The molecule has 0 unspecified atom stereocenters. The molecule has 0 radical (unpaired) electrons. The number of rotatable bonds is 4. The third-order valence-electron chi connectivity index (χ3n) is 4.19. The molecule has 0 aliphatic carbocycles. The van der Waals surface area contributed by atoms with Crippen molar-refractivity contribution < 1.29 is 17.6 Å². The van der Waals surface area contributed by atoms with Crippen LogP contribution >= 0.6 is 0 Å². The van der Waals surface area contributed by atoms with Gasteiger partial charge in [-0.2, -0.15) is 0 Å². The fourth-order valence-electron chi connectivity index (χ4n) is 2.87. The zero-order valence-electron chi connectivity index (χ0n) is 14.5. The van der Waals surface area contributed by atoms with E-state index < -0.39 is 15.6 Å². The molecule has 0 spiro atoms. The highest BCUT2D eigenvalue weighted by atomic mass is 32.2. The van der Waals surface area contributed by atoms with Crippen molar-refractivity contribution in [2.45, 2.75) is 4.90 Å². The lowest BCUT2D eigenvalue weighted by Crippen LogP contribution is -2.13. The van der Waals surface area contributed by atoms with Gasteiger partial charge >= 0.3 is 5.63 Å². The molecule has 8 nitrogen and oxygen atoms in total. The topological polar surface area (TPSA) is 103 Å². The first kappa shape index (κ1) is 17.1. The summed E-state index contributed by atoms with van der Waals surface area (Å²) in [5.74, 6) is 0.622. The summed E-state index contributed by atoms with van der Waals surface area (Å²) in [5, 5.41) is 0.488. The Hall–Kier alpha value is -3.33. The number of aryl methyl sites for hydroxylation is 1. The first-order valence-corrected chi connectivity index (χ1v) is 9.42. The van der Waals surface area contributed by atoms with E-state index in [0.29, 0.717) is 27.9 Å². The highest BCUT2D eigenvalue weighted by molar-refractivity contribution is 7.92. The van der Waals surface area contributed by atoms with Crippen LogP contribution in [-0.4, -0.2) is 25.1 Å². The molecule has 9 heteroatoms. The lowest BCUT2D eigenvalue weighted by molar-refractivity contribution is 0.415. The van der Waals surface area contributed by atoms with Gasteiger partial charge in [0.05, 0.1) is 23.8 Å². The summed E-state index contributed by atoms with van der Waals surface area (Å²) in [5.41, 5.74) is 0.802. The van der Waals surface area contributed by atoms with Gasteiger partial charge in [0.1, 0.15) is 11.3 Å². The Kier molecular flexibility index (Phi) is 3.88. The summed E-state index contributed by atoms with van der Waals surface area (Å²) in [6.07, 6.45) is 1.48. The number of hydrogen-bond donors (Lipinski definition) is 1. The summed E-state index contributed by atoms with van der Waals surface area (Å²) < 4.78 is 40.0. The van der Waals surface area contributed by atoms with Crippen LogP contribution in [0, 0.1) is 0 Å². The van der Waals surface area contributed by atoms with Gasteiger partial charge in [-0.3, -0.25) is 4.72 Å². The van der Waals surface area contributed by atoms with Gasteiger partial charge in [-0.25, -0.2) is 18.2 Å². The predicted octanol–water partition coefficient (Wildman–Crippen LogP) is 2.49. The van der Waals surface area contributed by atoms with Gasteiger partial charge in [0.15, 0.2) is 5.52 Å². The van der Waals surface area contributed by atoms with Crippen molar-refractivity contribution in [1.29, 1.82) is 0 Å². The molecule has 0 amide bonds. The molecule has 0 fully saturated rings. The molecule has 27 heavy (non-hydrogen) atoms. The van der Waals surface area contributed by atoms with E-state index >= 15 is 0 Å². The molecule has 2 aromatic heterocycles. The number of fused-ring (bicyclic) bond motifs is 3. The van der Waals surface area contributed by atoms with Crippen molar-refractivity contribution in [2.24, 2.45) is 7.05 Å². The maximum atomic E-state index is 12.8. The van der Waals surface area contributed by atoms with E-state index in [1.165, 1.54) is 31.6 Å². The number of anilines is 1. The van der Waals surface area contributed by atoms with Crippen molar-refractivity contribution in [3.8, 4) is 5.75 Å². The Balaban J connectivity index is 1.82. The molecule has 0 atom stereocenters. The molecule has 0 aliphatic heterocycles. The molecule has 4 aromatic rings. The van der Waals surface area contributed by atoms with E-state index in [1.807, 2.05) is 0 Å². The number of methoxy groups -OCH3 is 1. The third-order valence-corrected chi connectivity index (χ3v) is 5.57. The fourth-order valence-corrected chi connectivity index (χ4v) is 3.95. The summed E-state index contributed by atoms with van der Waals surface area (Å²) in [4.78, 5) is 16.1. The minimum absolute atomic E-state index is 0.0437. The largest absolute Gasteiger partial charge is 0.497 e. The highest BCUT2D eigenvalue weighted by Gasteiger charge is 2.18. The van der Waals surface area contributed by atoms with E-state index in [-0.39, 0.29) is 10.4 Å². The average molecular weight is 385 g/mol. The van der Waals surface area contributed by atoms with Gasteiger partial charge in [-0.05, 0) is 42.5 Å². The van der Waals surface area contributed by atoms with E-state index in [0.717, 1.165) is 0 Å². The monoisotopic (exact) mass is 385 g/mol. The van der Waals surface area contributed by atoms with E-state index in [9.17, 15) is 13.2 Å². The van der Waals surface area contributed by atoms with Gasteiger partial charge in [0, 0.05) is 18.1 Å². The molecule has 0 bridgehead atoms. The van der Waals surface area contributed by atoms with Crippen LogP contribution < -0.4 is 15.1 Å². The number of benzene rings is 2. The van der Waals surface area contributed by atoms with Crippen molar-refractivity contribution in [3.05, 3.63) is 59.2 Å². The molecule has 2 heterocycles. The van der Waals surface area contributed by atoms with Crippen LogP contribution in [0.4, 0.5) is 5.69 Å². The normalized spacial score (nSPS) is 11.8. The van der Waals surface area contributed by atoms with Crippen LogP contribution in [0.15, 0.2) is 62.9 Å².